The molecule has 0 spiro atoms. The summed E-state index contributed by atoms with van der Waals surface area (Å²) in [7, 11) is 3.29. The number of nitrogens with zero attached hydrogens (tertiary/aromatic N) is 1. The van der Waals surface area contributed by atoms with Crippen LogP contribution in [0.2, 0.25) is 0 Å². The van der Waals surface area contributed by atoms with Gasteiger partial charge < -0.3 is 13.9 Å². The third-order valence-corrected chi connectivity index (χ3v) is 3.31. The lowest BCUT2D eigenvalue weighted by molar-refractivity contribution is 0.354. The highest BCUT2D eigenvalue weighted by molar-refractivity contribution is 6.14. The summed E-state index contributed by atoms with van der Waals surface area (Å²) in [4.78, 5) is 4.60. The molecule has 1 aliphatic rings. The molecule has 0 unspecified atom stereocenters. The number of hydrogen-bond donors (Lipinski definition) is 0. The van der Waals surface area contributed by atoms with E-state index in [2.05, 4.69) is 4.99 Å². The average molecular weight is 257 g/mol. The van der Waals surface area contributed by atoms with Crippen molar-refractivity contribution in [2.75, 3.05) is 20.8 Å². The summed E-state index contributed by atoms with van der Waals surface area (Å²) in [5, 5.41) is 0. The van der Waals surface area contributed by atoms with Crippen molar-refractivity contribution in [3.8, 4) is 11.5 Å². The molecule has 1 aliphatic heterocycles. The first kappa shape index (κ1) is 11.8. The summed E-state index contributed by atoms with van der Waals surface area (Å²) >= 11 is 0. The molecule has 19 heavy (non-hydrogen) atoms. The number of hydrogen-bond acceptors (Lipinski definition) is 4. The van der Waals surface area contributed by atoms with E-state index >= 15 is 0 Å². The molecule has 0 saturated heterocycles. The van der Waals surface area contributed by atoms with Crippen molar-refractivity contribution in [1.29, 1.82) is 0 Å². The van der Waals surface area contributed by atoms with E-state index in [4.69, 9.17) is 13.9 Å². The first-order valence-electron chi connectivity index (χ1n) is 6.15. The van der Waals surface area contributed by atoms with Crippen LogP contribution in [0.25, 0.3) is 0 Å². The van der Waals surface area contributed by atoms with Crippen LogP contribution in [0, 0.1) is 0 Å². The lowest BCUT2D eigenvalue weighted by Crippen LogP contribution is -2.14. The molecule has 0 aliphatic carbocycles. The molecule has 4 heteroatoms. The lowest BCUT2D eigenvalue weighted by atomic mass is 9.94. The zero-order valence-electron chi connectivity index (χ0n) is 11.0. The zero-order valence-corrected chi connectivity index (χ0v) is 11.0. The van der Waals surface area contributed by atoms with Gasteiger partial charge in [-0.25, -0.2) is 0 Å². The molecule has 98 valence electrons. The molecule has 0 atom stereocenters. The summed E-state index contributed by atoms with van der Waals surface area (Å²) in [5.41, 5.74) is 4.26. The van der Waals surface area contributed by atoms with Crippen LogP contribution in [-0.2, 0) is 6.42 Å². The Morgan fingerprint density at radius 1 is 1.16 bits per heavy atom. The van der Waals surface area contributed by atoms with Gasteiger partial charge in [-0.3, -0.25) is 4.99 Å². The quantitative estimate of drug-likeness (QED) is 0.849. The van der Waals surface area contributed by atoms with Crippen LogP contribution in [-0.4, -0.2) is 26.5 Å². The minimum Gasteiger partial charge on any atom is -0.493 e. The minimum atomic E-state index is 0.722. The maximum atomic E-state index is 5.36. The van der Waals surface area contributed by atoms with E-state index in [-0.39, 0.29) is 0 Å². The SMILES string of the molecule is COc1cc2c(cc1OC)C(c1ccoc1)=NCC2. The fraction of sp³-hybridized carbons (Fsp3) is 0.267. The second-order valence-electron chi connectivity index (χ2n) is 4.36. The molecule has 0 bridgehead atoms. The van der Waals surface area contributed by atoms with Gasteiger partial charge in [-0.1, -0.05) is 0 Å². The molecule has 0 amide bonds. The topological polar surface area (TPSA) is 44.0 Å². The van der Waals surface area contributed by atoms with Crippen LogP contribution >= 0.6 is 0 Å². The van der Waals surface area contributed by atoms with E-state index in [0.717, 1.165) is 41.3 Å². The number of aliphatic imine (C=N–C) groups is 1. The third kappa shape index (κ3) is 1.99. The van der Waals surface area contributed by atoms with Crippen LogP contribution in [0.4, 0.5) is 0 Å². The van der Waals surface area contributed by atoms with Gasteiger partial charge in [-0.05, 0) is 30.2 Å². The molecule has 0 saturated carbocycles. The molecule has 2 heterocycles. The predicted octanol–water partition coefficient (Wildman–Crippen LogP) is 2.69. The van der Waals surface area contributed by atoms with E-state index in [1.165, 1.54) is 5.56 Å². The number of benzene rings is 1. The molecule has 0 fully saturated rings. The van der Waals surface area contributed by atoms with Gasteiger partial charge in [0.2, 0.25) is 0 Å². The van der Waals surface area contributed by atoms with E-state index in [1.807, 2.05) is 18.2 Å². The second kappa shape index (κ2) is 4.80. The van der Waals surface area contributed by atoms with Gasteiger partial charge in [0.05, 0.1) is 32.5 Å². The second-order valence-corrected chi connectivity index (χ2v) is 4.36. The smallest absolute Gasteiger partial charge is 0.161 e. The minimum absolute atomic E-state index is 0.722. The van der Waals surface area contributed by atoms with Crippen LogP contribution in [0.5, 0.6) is 11.5 Å². The van der Waals surface area contributed by atoms with E-state index in [9.17, 15) is 0 Å². The lowest BCUT2D eigenvalue weighted by Gasteiger charge is -2.19. The molecule has 2 aromatic rings. The molecule has 0 N–H and O–H groups in total. The van der Waals surface area contributed by atoms with E-state index in [0.29, 0.717) is 0 Å². The number of fused-ring (bicyclic) bond motifs is 1. The Hall–Kier alpha value is -2.23. The van der Waals surface area contributed by atoms with Gasteiger partial charge >= 0.3 is 0 Å². The van der Waals surface area contributed by atoms with Crippen molar-refractivity contribution >= 4 is 5.71 Å². The normalized spacial score (nSPS) is 13.7. The Morgan fingerprint density at radius 2 is 1.95 bits per heavy atom. The highest BCUT2D eigenvalue weighted by Gasteiger charge is 2.20. The van der Waals surface area contributed by atoms with Crippen LogP contribution in [0.1, 0.15) is 16.7 Å². The van der Waals surface area contributed by atoms with Crippen LogP contribution < -0.4 is 9.47 Å². The first-order valence-corrected chi connectivity index (χ1v) is 6.15. The average Bonchev–Trinajstić information content (AvgIpc) is 2.99. The van der Waals surface area contributed by atoms with Crippen LogP contribution in [0.15, 0.2) is 40.1 Å². The fourth-order valence-electron chi connectivity index (χ4n) is 2.37. The fourth-order valence-corrected chi connectivity index (χ4v) is 2.37. The predicted molar refractivity (Wildman–Crippen MR) is 72.5 cm³/mol. The van der Waals surface area contributed by atoms with E-state index in [1.54, 1.807) is 26.7 Å². The molecular weight excluding hydrogens is 242 g/mol. The largest absolute Gasteiger partial charge is 0.493 e. The van der Waals surface area contributed by atoms with Crippen molar-refractivity contribution in [2.45, 2.75) is 6.42 Å². The molecule has 3 rings (SSSR count). The summed E-state index contributed by atoms with van der Waals surface area (Å²) in [5.74, 6) is 1.48. The standard InChI is InChI=1S/C15H15NO3/c1-17-13-7-10-3-5-16-15(11-4-6-19-9-11)12(10)8-14(13)18-2/h4,6-9H,3,5H2,1-2H3. The van der Waals surface area contributed by atoms with Gasteiger partial charge in [0.15, 0.2) is 11.5 Å². The Balaban J connectivity index is 2.14. The Kier molecular flexibility index (Phi) is 2.99. The molecular formula is C15H15NO3. The number of methoxy groups -OCH3 is 2. The van der Waals surface area contributed by atoms with E-state index < -0.39 is 0 Å². The Labute approximate surface area is 111 Å². The highest BCUT2D eigenvalue weighted by atomic mass is 16.5. The summed E-state index contributed by atoms with van der Waals surface area (Å²) in [6.07, 6.45) is 4.29. The summed E-state index contributed by atoms with van der Waals surface area (Å²) in [6.45, 7) is 0.781. The third-order valence-electron chi connectivity index (χ3n) is 3.31. The van der Waals surface area contributed by atoms with Crippen molar-refractivity contribution < 1.29 is 13.9 Å². The Bertz CT molecular complexity index is 615. The zero-order chi connectivity index (χ0) is 13.2. The summed E-state index contributed by atoms with van der Waals surface area (Å²) in [6, 6.07) is 5.94. The van der Waals surface area contributed by atoms with Gasteiger partial charge in [-0.15, -0.1) is 0 Å². The molecule has 1 aromatic carbocycles. The van der Waals surface area contributed by atoms with Gasteiger partial charge in [-0.2, -0.15) is 0 Å². The van der Waals surface area contributed by atoms with Crippen molar-refractivity contribution in [3.63, 3.8) is 0 Å². The van der Waals surface area contributed by atoms with Gasteiger partial charge in [0.1, 0.15) is 0 Å². The van der Waals surface area contributed by atoms with Gasteiger partial charge in [0.25, 0.3) is 0 Å². The van der Waals surface area contributed by atoms with Crippen molar-refractivity contribution in [1.82, 2.24) is 0 Å². The first-order chi connectivity index (χ1) is 9.33. The highest BCUT2D eigenvalue weighted by Crippen LogP contribution is 2.33. The van der Waals surface area contributed by atoms with Crippen LogP contribution in [0.3, 0.4) is 0 Å². The molecule has 1 aromatic heterocycles. The molecule has 4 nitrogen and oxygen atoms in total. The maximum Gasteiger partial charge on any atom is 0.161 e. The Morgan fingerprint density at radius 3 is 2.63 bits per heavy atom. The summed E-state index contributed by atoms with van der Waals surface area (Å²) < 4.78 is 15.9. The number of furan rings is 1. The number of ether oxygens (including phenoxy) is 2. The van der Waals surface area contributed by atoms with Gasteiger partial charge in [0, 0.05) is 17.7 Å². The van der Waals surface area contributed by atoms with Crippen molar-refractivity contribution in [3.05, 3.63) is 47.4 Å². The molecule has 0 radical (unpaired) electrons. The number of rotatable bonds is 3. The monoisotopic (exact) mass is 257 g/mol. The maximum absolute atomic E-state index is 5.36. The van der Waals surface area contributed by atoms with Crippen molar-refractivity contribution in [2.24, 2.45) is 4.99 Å².